The van der Waals surface area contributed by atoms with Gasteiger partial charge in [0.05, 0.1) is 25.9 Å². The third-order valence-corrected chi connectivity index (χ3v) is 6.90. The third kappa shape index (κ3) is 4.53. The number of nitrogens with zero attached hydrogens (tertiary/aromatic N) is 2. The number of amides is 1. The Labute approximate surface area is 211 Å². The van der Waals surface area contributed by atoms with Gasteiger partial charge in [-0.1, -0.05) is 32.0 Å². The SMILES string of the molecule is COc1cc([C@@H]2c3c(-c4ccccc4O)n[nH]c3C(=O)N2C[C@@H]2CCCO2)ccc1OCCC(C)C. The number of phenols is 1. The second kappa shape index (κ2) is 10.2. The number of hydrogen-bond donors (Lipinski definition) is 2. The highest BCUT2D eigenvalue weighted by Gasteiger charge is 2.44. The molecule has 190 valence electrons. The molecule has 2 aromatic carbocycles. The fourth-order valence-electron chi connectivity index (χ4n) is 5.00. The topological polar surface area (TPSA) is 96.9 Å². The minimum atomic E-state index is -0.413. The summed E-state index contributed by atoms with van der Waals surface area (Å²) >= 11 is 0. The van der Waals surface area contributed by atoms with Crippen molar-refractivity contribution in [2.24, 2.45) is 5.92 Å². The summed E-state index contributed by atoms with van der Waals surface area (Å²) in [6, 6.07) is 12.4. The molecule has 5 rings (SSSR count). The first-order valence-corrected chi connectivity index (χ1v) is 12.6. The van der Waals surface area contributed by atoms with Crippen LogP contribution in [0.4, 0.5) is 0 Å². The van der Waals surface area contributed by atoms with Crippen LogP contribution in [0.5, 0.6) is 17.2 Å². The minimum Gasteiger partial charge on any atom is -0.507 e. The molecular formula is C28H33N3O5. The van der Waals surface area contributed by atoms with Gasteiger partial charge in [0.2, 0.25) is 0 Å². The van der Waals surface area contributed by atoms with E-state index in [4.69, 9.17) is 14.2 Å². The molecular weight excluding hydrogens is 458 g/mol. The molecule has 2 aliphatic heterocycles. The van der Waals surface area contributed by atoms with E-state index in [2.05, 4.69) is 24.0 Å². The lowest BCUT2D eigenvalue weighted by Crippen LogP contribution is -2.36. The van der Waals surface area contributed by atoms with Crippen LogP contribution in [-0.4, -0.2) is 59.1 Å². The third-order valence-electron chi connectivity index (χ3n) is 6.90. The molecule has 36 heavy (non-hydrogen) atoms. The molecule has 2 N–H and O–H groups in total. The molecule has 8 nitrogen and oxygen atoms in total. The normalized spacial score (nSPS) is 19.2. The molecule has 0 spiro atoms. The van der Waals surface area contributed by atoms with E-state index >= 15 is 0 Å². The molecule has 0 aliphatic carbocycles. The lowest BCUT2D eigenvalue weighted by Gasteiger charge is -2.29. The Bertz CT molecular complexity index is 1230. The van der Waals surface area contributed by atoms with Gasteiger partial charge >= 0.3 is 0 Å². The number of rotatable bonds is 9. The lowest BCUT2D eigenvalue weighted by atomic mass is 9.95. The summed E-state index contributed by atoms with van der Waals surface area (Å²) in [5.41, 5.74) is 3.20. The molecule has 0 radical (unpaired) electrons. The van der Waals surface area contributed by atoms with E-state index in [-0.39, 0.29) is 17.8 Å². The number of aromatic nitrogens is 2. The second-order valence-electron chi connectivity index (χ2n) is 9.81. The van der Waals surface area contributed by atoms with Gasteiger partial charge in [0, 0.05) is 24.3 Å². The molecule has 8 heteroatoms. The molecule has 1 aromatic heterocycles. The Morgan fingerprint density at radius 3 is 2.78 bits per heavy atom. The first-order valence-electron chi connectivity index (χ1n) is 12.6. The van der Waals surface area contributed by atoms with Crippen LogP contribution in [0.2, 0.25) is 0 Å². The van der Waals surface area contributed by atoms with Gasteiger partial charge in [-0.05, 0) is 55.0 Å². The van der Waals surface area contributed by atoms with Crippen LogP contribution < -0.4 is 9.47 Å². The Morgan fingerprint density at radius 1 is 1.22 bits per heavy atom. The number of carbonyl (C=O) groups is 1. The molecule has 1 saturated heterocycles. The van der Waals surface area contributed by atoms with E-state index in [9.17, 15) is 9.90 Å². The van der Waals surface area contributed by atoms with E-state index in [1.165, 1.54) is 0 Å². The van der Waals surface area contributed by atoms with Crippen molar-refractivity contribution in [3.63, 3.8) is 0 Å². The van der Waals surface area contributed by atoms with Crippen LogP contribution >= 0.6 is 0 Å². The zero-order chi connectivity index (χ0) is 25.2. The summed E-state index contributed by atoms with van der Waals surface area (Å²) in [6.07, 6.45) is 2.84. The van der Waals surface area contributed by atoms with Crippen molar-refractivity contribution in [3.8, 4) is 28.5 Å². The van der Waals surface area contributed by atoms with Gasteiger partial charge in [-0.15, -0.1) is 0 Å². The summed E-state index contributed by atoms with van der Waals surface area (Å²) in [5.74, 6) is 1.81. The number of methoxy groups -OCH3 is 1. The molecule has 0 bridgehead atoms. The summed E-state index contributed by atoms with van der Waals surface area (Å²) in [7, 11) is 1.62. The monoisotopic (exact) mass is 491 g/mol. The van der Waals surface area contributed by atoms with Gasteiger partial charge in [-0.2, -0.15) is 5.10 Å². The van der Waals surface area contributed by atoms with Gasteiger partial charge in [0.1, 0.15) is 17.1 Å². The number of H-pyrrole nitrogens is 1. The highest BCUT2D eigenvalue weighted by atomic mass is 16.5. The van der Waals surface area contributed by atoms with E-state index < -0.39 is 6.04 Å². The average Bonchev–Trinajstić information content (AvgIpc) is 3.59. The molecule has 1 amide bonds. The highest BCUT2D eigenvalue weighted by Crippen LogP contribution is 2.46. The van der Waals surface area contributed by atoms with Crippen molar-refractivity contribution < 1.29 is 24.1 Å². The van der Waals surface area contributed by atoms with Gasteiger partial charge < -0.3 is 24.2 Å². The number of aromatic amines is 1. The predicted octanol–water partition coefficient (Wildman–Crippen LogP) is 4.94. The summed E-state index contributed by atoms with van der Waals surface area (Å²) in [5, 5.41) is 18.0. The molecule has 2 aliphatic rings. The largest absolute Gasteiger partial charge is 0.507 e. The van der Waals surface area contributed by atoms with E-state index in [0.29, 0.717) is 54.1 Å². The van der Waals surface area contributed by atoms with E-state index in [1.54, 1.807) is 19.2 Å². The lowest BCUT2D eigenvalue weighted by molar-refractivity contribution is 0.0495. The van der Waals surface area contributed by atoms with Crippen molar-refractivity contribution in [1.82, 2.24) is 15.1 Å². The molecule has 2 atom stereocenters. The van der Waals surface area contributed by atoms with Gasteiger partial charge in [0.25, 0.3) is 5.91 Å². The van der Waals surface area contributed by atoms with Crippen LogP contribution in [-0.2, 0) is 4.74 Å². The quantitative estimate of drug-likeness (QED) is 0.440. The van der Waals surface area contributed by atoms with Gasteiger partial charge in [-0.25, -0.2) is 0 Å². The number of benzene rings is 2. The van der Waals surface area contributed by atoms with Crippen LogP contribution in [0.1, 0.15) is 60.8 Å². The fraction of sp³-hybridized carbons (Fsp3) is 0.429. The number of carbonyl (C=O) groups excluding carboxylic acids is 1. The van der Waals surface area contributed by atoms with Crippen molar-refractivity contribution in [2.45, 2.75) is 45.3 Å². The van der Waals surface area contributed by atoms with Crippen LogP contribution in [0, 0.1) is 5.92 Å². The van der Waals surface area contributed by atoms with Crippen LogP contribution in [0.25, 0.3) is 11.3 Å². The summed E-state index contributed by atoms with van der Waals surface area (Å²) < 4.78 is 17.6. The number of phenolic OH excluding ortho intramolecular Hbond substituents is 1. The maximum Gasteiger partial charge on any atom is 0.273 e. The molecule has 3 aromatic rings. The molecule has 0 saturated carbocycles. The Morgan fingerprint density at radius 2 is 2.06 bits per heavy atom. The van der Waals surface area contributed by atoms with Gasteiger partial charge in [-0.3, -0.25) is 9.89 Å². The van der Waals surface area contributed by atoms with Crippen LogP contribution in [0.3, 0.4) is 0 Å². The second-order valence-corrected chi connectivity index (χ2v) is 9.81. The predicted molar refractivity (Wildman–Crippen MR) is 135 cm³/mol. The Kier molecular flexibility index (Phi) is 6.87. The molecule has 3 heterocycles. The summed E-state index contributed by atoms with van der Waals surface area (Å²) in [4.78, 5) is 15.4. The summed E-state index contributed by atoms with van der Waals surface area (Å²) in [6.45, 7) is 6.11. The zero-order valence-electron chi connectivity index (χ0n) is 21.0. The number of para-hydroxylation sites is 1. The zero-order valence-corrected chi connectivity index (χ0v) is 21.0. The van der Waals surface area contributed by atoms with E-state index in [0.717, 1.165) is 30.4 Å². The van der Waals surface area contributed by atoms with Crippen molar-refractivity contribution >= 4 is 5.91 Å². The minimum absolute atomic E-state index is 0.0115. The highest BCUT2D eigenvalue weighted by molar-refractivity contribution is 6.00. The van der Waals surface area contributed by atoms with Crippen molar-refractivity contribution in [2.75, 3.05) is 26.9 Å². The first kappa shape index (κ1) is 24.2. The number of hydrogen-bond acceptors (Lipinski definition) is 6. The fourth-order valence-corrected chi connectivity index (χ4v) is 5.00. The number of ether oxygens (including phenoxy) is 3. The smallest absolute Gasteiger partial charge is 0.273 e. The number of fused-ring (bicyclic) bond motifs is 1. The Hall–Kier alpha value is -3.52. The average molecular weight is 492 g/mol. The number of aromatic hydroxyl groups is 1. The molecule has 0 unspecified atom stereocenters. The Balaban J connectivity index is 1.56. The maximum absolute atomic E-state index is 13.6. The maximum atomic E-state index is 13.6. The van der Waals surface area contributed by atoms with E-state index in [1.807, 2.05) is 35.2 Å². The molecule has 1 fully saturated rings. The standard InChI is InChI=1S/C28H33N3O5/c1-17(2)12-14-36-22-11-10-18(15-23(22)34-3)27-24-25(20-8-4-5-9-21(20)32)29-30-26(24)28(33)31(27)16-19-7-6-13-35-19/h4-5,8-11,15,17,19,27,32H,6-7,12-14,16H2,1-3H3,(H,29,30)/t19-,27+/m0/s1. The van der Waals surface area contributed by atoms with Crippen molar-refractivity contribution in [3.05, 3.63) is 59.3 Å². The number of nitrogens with one attached hydrogen (secondary N) is 1. The van der Waals surface area contributed by atoms with Gasteiger partial charge in [0.15, 0.2) is 11.5 Å². The van der Waals surface area contributed by atoms with Crippen LogP contribution in [0.15, 0.2) is 42.5 Å². The van der Waals surface area contributed by atoms with Crippen molar-refractivity contribution in [1.29, 1.82) is 0 Å². The first-order chi connectivity index (χ1) is 17.5.